The number of fused-ring (bicyclic) bond motifs is 1. The highest BCUT2D eigenvalue weighted by atomic mass is 79.9. The van der Waals surface area contributed by atoms with Crippen molar-refractivity contribution < 1.29 is 9.53 Å². The molecule has 0 unspecified atom stereocenters. The lowest BCUT2D eigenvalue weighted by atomic mass is 10.2. The second-order valence-electron chi connectivity index (χ2n) is 3.72. The number of rotatable bonds is 1. The van der Waals surface area contributed by atoms with E-state index >= 15 is 0 Å². The van der Waals surface area contributed by atoms with E-state index < -0.39 is 0 Å². The van der Waals surface area contributed by atoms with E-state index in [1.165, 1.54) is 10.4 Å². The van der Waals surface area contributed by atoms with E-state index in [4.69, 9.17) is 4.74 Å². The van der Waals surface area contributed by atoms with Crippen molar-refractivity contribution in [2.75, 3.05) is 13.2 Å². The number of halogens is 1. The van der Waals surface area contributed by atoms with E-state index in [1.54, 1.807) is 16.2 Å². The normalized spacial score (nSPS) is 14.1. The van der Waals surface area contributed by atoms with Crippen LogP contribution in [-0.4, -0.2) is 24.1 Å². The van der Waals surface area contributed by atoms with Gasteiger partial charge < -0.3 is 9.64 Å². The van der Waals surface area contributed by atoms with Gasteiger partial charge in [0.25, 0.3) is 0 Å². The zero-order valence-electron chi connectivity index (χ0n) is 11.2. The van der Waals surface area contributed by atoms with Crippen LogP contribution in [0.5, 0.6) is 0 Å². The monoisotopic (exact) mass is 333 g/mol. The molecule has 2 rings (SSSR count). The number of amides is 1. The Hall–Kier alpha value is -0.550. The number of hydrogen-bond donors (Lipinski definition) is 0. The van der Waals surface area contributed by atoms with Gasteiger partial charge in [-0.2, -0.15) is 0 Å². The van der Waals surface area contributed by atoms with Crippen molar-refractivity contribution in [3.8, 4) is 0 Å². The zero-order valence-corrected chi connectivity index (χ0v) is 13.6. The third kappa shape index (κ3) is 3.99. The first-order valence-corrected chi connectivity index (χ1v) is 8.00. The molecule has 0 spiro atoms. The van der Waals surface area contributed by atoms with Crippen molar-refractivity contribution in [1.82, 2.24) is 4.90 Å². The fraction of sp³-hybridized carbons (Fsp3) is 0.615. The molecule has 1 aliphatic heterocycles. The molecule has 3 nitrogen and oxygen atoms in total. The minimum Gasteiger partial charge on any atom is -0.450 e. The van der Waals surface area contributed by atoms with E-state index in [0.29, 0.717) is 13.2 Å². The van der Waals surface area contributed by atoms with Crippen molar-refractivity contribution in [3.63, 3.8) is 0 Å². The Morgan fingerprint density at radius 1 is 1.56 bits per heavy atom. The summed E-state index contributed by atoms with van der Waals surface area (Å²) in [5, 5.41) is 0. The molecule has 1 amide bonds. The quantitative estimate of drug-likeness (QED) is 0.760. The lowest BCUT2D eigenvalue weighted by Gasteiger charge is -2.19. The predicted octanol–water partition coefficient (Wildman–Crippen LogP) is 4.44. The van der Waals surface area contributed by atoms with Crippen molar-refractivity contribution in [3.05, 3.63) is 20.3 Å². The van der Waals surface area contributed by atoms with Gasteiger partial charge in [-0.15, -0.1) is 11.3 Å². The summed E-state index contributed by atoms with van der Waals surface area (Å²) in [5.41, 5.74) is 1.36. The first kappa shape index (κ1) is 15.5. The van der Waals surface area contributed by atoms with Crippen LogP contribution in [0.25, 0.3) is 0 Å². The molecule has 102 valence electrons. The number of carbonyl (C=O) groups is 1. The number of aryl methyl sites for hydroxylation is 1. The maximum atomic E-state index is 11.7. The van der Waals surface area contributed by atoms with E-state index in [9.17, 15) is 4.79 Å². The summed E-state index contributed by atoms with van der Waals surface area (Å²) in [5.74, 6) is 0. The van der Waals surface area contributed by atoms with Gasteiger partial charge in [0, 0.05) is 11.4 Å². The average molecular weight is 334 g/mol. The minimum absolute atomic E-state index is 0.195. The molecule has 5 heteroatoms. The highest BCUT2D eigenvalue weighted by Crippen LogP contribution is 2.31. The van der Waals surface area contributed by atoms with Gasteiger partial charge >= 0.3 is 6.09 Å². The van der Waals surface area contributed by atoms with E-state index in [1.807, 2.05) is 20.8 Å². The average Bonchev–Trinajstić information content (AvgIpc) is 2.59. The van der Waals surface area contributed by atoms with E-state index in [2.05, 4.69) is 22.0 Å². The molecule has 0 atom stereocenters. The van der Waals surface area contributed by atoms with Gasteiger partial charge in [-0.1, -0.05) is 13.8 Å². The van der Waals surface area contributed by atoms with Crippen molar-refractivity contribution in [2.24, 2.45) is 0 Å². The Morgan fingerprint density at radius 2 is 2.28 bits per heavy atom. The van der Waals surface area contributed by atoms with Crippen LogP contribution in [0.4, 0.5) is 4.79 Å². The topological polar surface area (TPSA) is 29.5 Å². The van der Waals surface area contributed by atoms with Gasteiger partial charge in [-0.3, -0.25) is 0 Å². The molecule has 0 fully saturated rings. The molecule has 1 aromatic heterocycles. The first-order chi connectivity index (χ1) is 8.70. The summed E-state index contributed by atoms with van der Waals surface area (Å²) >= 11 is 5.20. The summed E-state index contributed by atoms with van der Waals surface area (Å²) < 4.78 is 6.18. The summed E-state index contributed by atoms with van der Waals surface area (Å²) in [6, 6.07) is 2.16. The largest absolute Gasteiger partial charge is 0.450 e. The molecule has 0 saturated heterocycles. The molecule has 1 aliphatic rings. The molecule has 18 heavy (non-hydrogen) atoms. The second-order valence-corrected chi connectivity index (χ2v) is 6.24. The van der Waals surface area contributed by atoms with Crippen molar-refractivity contribution in [1.29, 1.82) is 0 Å². The van der Waals surface area contributed by atoms with Gasteiger partial charge in [0.2, 0.25) is 0 Å². The van der Waals surface area contributed by atoms with Crippen LogP contribution < -0.4 is 0 Å². The Bertz CT molecular complexity index is 392. The number of thiophene rings is 1. The van der Waals surface area contributed by atoms with Gasteiger partial charge in [0.05, 0.1) is 16.9 Å². The smallest absolute Gasteiger partial charge is 0.410 e. The highest BCUT2D eigenvalue weighted by molar-refractivity contribution is 9.11. The van der Waals surface area contributed by atoms with Crippen LogP contribution >= 0.6 is 27.3 Å². The first-order valence-electron chi connectivity index (χ1n) is 6.39. The van der Waals surface area contributed by atoms with E-state index in [-0.39, 0.29) is 6.09 Å². The molecular weight excluding hydrogens is 314 g/mol. The fourth-order valence-electron chi connectivity index (χ4n) is 1.86. The Labute approximate surface area is 121 Å². The van der Waals surface area contributed by atoms with Crippen LogP contribution in [0.1, 0.15) is 37.6 Å². The molecule has 2 heterocycles. The van der Waals surface area contributed by atoms with Gasteiger partial charge in [0.15, 0.2) is 0 Å². The molecular formula is C13H20BrNO2S. The number of hydrogen-bond acceptors (Lipinski definition) is 3. The molecule has 0 radical (unpaired) electrons. The lowest BCUT2D eigenvalue weighted by Crippen LogP contribution is -2.31. The molecule has 1 aromatic rings. The van der Waals surface area contributed by atoms with Crippen molar-refractivity contribution in [2.45, 2.75) is 40.2 Å². The predicted molar refractivity (Wildman–Crippen MR) is 79.1 cm³/mol. The van der Waals surface area contributed by atoms with Crippen LogP contribution in [0.2, 0.25) is 0 Å². The number of nitrogens with zero attached hydrogens (tertiary/aromatic N) is 1. The molecule has 0 saturated carbocycles. The fourth-order valence-corrected chi connectivity index (χ4v) is 3.67. The summed E-state index contributed by atoms with van der Waals surface area (Å²) in [6.07, 6.45) is 1.86. The molecule has 0 N–H and O–H groups in total. The van der Waals surface area contributed by atoms with E-state index in [0.717, 1.165) is 23.2 Å². The summed E-state index contributed by atoms with van der Waals surface area (Å²) in [6.45, 7) is 7.75. The standard InChI is InChI=1S/C11H14BrNO2S.C2H6/c1-2-15-11(14)13-5-3-4-8-6-10(12)16-9(8)7-13;1-2/h6H,2-5,7H2,1H3;1-2H3. The summed E-state index contributed by atoms with van der Waals surface area (Å²) in [7, 11) is 0. The summed E-state index contributed by atoms with van der Waals surface area (Å²) in [4.78, 5) is 14.7. The maximum absolute atomic E-state index is 11.7. The van der Waals surface area contributed by atoms with Crippen LogP contribution in [-0.2, 0) is 17.7 Å². The molecule has 0 aromatic carbocycles. The minimum atomic E-state index is -0.195. The zero-order chi connectivity index (χ0) is 13.5. The Morgan fingerprint density at radius 3 is 2.94 bits per heavy atom. The van der Waals surface area contributed by atoms with Crippen LogP contribution in [0.3, 0.4) is 0 Å². The van der Waals surface area contributed by atoms with Gasteiger partial charge in [0.1, 0.15) is 0 Å². The Kier molecular flexibility index (Phi) is 6.71. The third-order valence-corrected chi connectivity index (χ3v) is 4.27. The SMILES string of the molecule is CC.CCOC(=O)N1CCCc2cc(Br)sc2C1. The molecule has 0 aliphatic carbocycles. The van der Waals surface area contributed by atoms with Crippen molar-refractivity contribution >= 4 is 33.4 Å². The third-order valence-electron chi connectivity index (χ3n) is 2.60. The van der Waals surface area contributed by atoms with Gasteiger partial charge in [-0.25, -0.2) is 4.79 Å². The Balaban J connectivity index is 0.000000771. The molecule has 0 bridgehead atoms. The second kappa shape index (κ2) is 7.79. The van der Waals surface area contributed by atoms with Gasteiger partial charge in [-0.05, 0) is 47.3 Å². The van der Waals surface area contributed by atoms with Crippen LogP contribution in [0.15, 0.2) is 9.85 Å². The highest BCUT2D eigenvalue weighted by Gasteiger charge is 2.21. The maximum Gasteiger partial charge on any atom is 0.410 e. The number of carbonyl (C=O) groups excluding carboxylic acids is 1. The number of ether oxygens (including phenoxy) is 1. The lowest BCUT2D eigenvalue weighted by molar-refractivity contribution is 0.105. The van der Waals surface area contributed by atoms with Crippen LogP contribution in [0, 0.1) is 0 Å².